The largest absolute Gasteiger partial charge is 0.279 e. The Morgan fingerprint density at radius 2 is 1.70 bits per heavy atom. The molecule has 112 valence electrons. The van der Waals surface area contributed by atoms with Gasteiger partial charge in [-0.2, -0.15) is 17.4 Å². The summed E-state index contributed by atoms with van der Waals surface area (Å²) in [4.78, 5) is 0. The lowest BCUT2D eigenvalue weighted by atomic mass is 10.0. The summed E-state index contributed by atoms with van der Waals surface area (Å²) in [6.45, 7) is 5.18. The molecule has 1 aliphatic heterocycles. The SMILES string of the molecule is Cc1ccccc1[C@H](C)NS(=O)(=O)N1CCCCCC1. The predicted octanol–water partition coefficient (Wildman–Crippen LogP) is 2.77. The average molecular weight is 296 g/mol. The van der Waals surface area contributed by atoms with Crippen molar-refractivity contribution in [2.75, 3.05) is 13.1 Å². The van der Waals surface area contributed by atoms with Crippen LogP contribution >= 0.6 is 0 Å². The van der Waals surface area contributed by atoms with Crippen molar-refractivity contribution in [3.05, 3.63) is 35.4 Å². The molecule has 0 aromatic heterocycles. The standard InChI is InChI=1S/C15H24N2O2S/c1-13-9-5-6-10-15(13)14(2)16-20(18,19)17-11-7-3-4-8-12-17/h5-6,9-10,14,16H,3-4,7-8,11-12H2,1-2H3/t14-/m0/s1. The zero-order valence-corrected chi connectivity index (χ0v) is 13.1. The van der Waals surface area contributed by atoms with E-state index in [2.05, 4.69) is 4.72 Å². The molecular formula is C15H24N2O2S. The number of nitrogens with zero attached hydrogens (tertiary/aromatic N) is 1. The molecule has 1 saturated heterocycles. The van der Waals surface area contributed by atoms with Gasteiger partial charge in [0, 0.05) is 19.1 Å². The van der Waals surface area contributed by atoms with Crippen LogP contribution in [0.15, 0.2) is 24.3 Å². The lowest BCUT2D eigenvalue weighted by molar-refractivity contribution is 0.409. The first-order valence-electron chi connectivity index (χ1n) is 7.33. The average Bonchev–Trinajstić information content (AvgIpc) is 2.68. The van der Waals surface area contributed by atoms with Gasteiger partial charge in [-0.05, 0) is 37.8 Å². The Labute approximate surface area is 122 Å². The molecule has 1 atom stereocenters. The molecule has 1 aliphatic rings. The van der Waals surface area contributed by atoms with E-state index in [0.717, 1.165) is 36.8 Å². The Kier molecular flexibility index (Phi) is 5.18. The topological polar surface area (TPSA) is 49.4 Å². The van der Waals surface area contributed by atoms with Gasteiger partial charge in [0.05, 0.1) is 0 Å². The van der Waals surface area contributed by atoms with Crippen LogP contribution < -0.4 is 4.72 Å². The first-order valence-corrected chi connectivity index (χ1v) is 8.77. The van der Waals surface area contributed by atoms with Crippen LogP contribution in [-0.2, 0) is 10.2 Å². The number of benzene rings is 1. The first-order chi connectivity index (χ1) is 9.50. The van der Waals surface area contributed by atoms with E-state index in [1.54, 1.807) is 4.31 Å². The molecule has 2 rings (SSSR count). The monoisotopic (exact) mass is 296 g/mol. The number of hydrogen-bond acceptors (Lipinski definition) is 2. The van der Waals surface area contributed by atoms with E-state index in [-0.39, 0.29) is 6.04 Å². The fourth-order valence-corrected chi connectivity index (χ4v) is 4.18. The fraction of sp³-hybridized carbons (Fsp3) is 0.600. The molecule has 1 fully saturated rings. The van der Waals surface area contributed by atoms with Crippen molar-refractivity contribution in [1.29, 1.82) is 0 Å². The summed E-state index contributed by atoms with van der Waals surface area (Å²) in [5.41, 5.74) is 2.14. The predicted molar refractivity (Wildman–Crippen MR) is 81.7 cm³/mol. The molecule has 0 unspecified atom stereocenters. The molecular weight excluding hydrogens is 272 g/mol. The van der Waals surface area contributed by atoms with Crippen LogP contribution in [0.4, 0.5) is 0 Å². The van der Waals surface area contributed by atoms with Crippen LogP contribution in [0, 0.1) is 6.92 Å². The normalized spacial score (nSPS) is 19.5. The molecule has 1 aromatic rings. The van der Waals surface area contributed by atoms with Crippen LogP contribution in [0.3, 0.4) is 0 Å². The fourth-order valence-electron chi connectivity index (χ4n) is 2.72. The second-order valence-corrected chi connectivity index (χ2v) is 7.22. The van der Waals surface area contributed by atoms with Crippen LogP contribution in [-0.4, -0.2) is 25.8 Å². The summed E-state index contributed by atoms with van der Waals surface area (Å²) in [7, 11) is -3.39. The number of hydrogen-bond donors (Lipinski definition) is 1. The lowest BCUT2D eigenvalue weighted by Crippen LogP contribution is -2.42. The zero-order valence-electron chi connectivity index (χ0n) is 12.3. The third kappa shape index (κ3) is 3.81. The zero-order chi connectivity index (χ0) is 14.6. The van der Waals surface area contributed by atoms with Crippen molar-refractivity contribution < 1.29 is 8.42 Å². The van der Waals surface area contributed by atoms with E-state index in [1.807, 2.05) is 38.1 Å². The van der Waals surface area contributed by atoms with E-state index in [4.69, 9.17) is 0 Å². The highest BCUT2D eigenvalue weighted by molar-refractivity contribution is 7.87. The molecule has 1 heterocycles. The van der Waals surface area contributed by atoms with E-state index in [1.165, 1.54) is 0 Å². The summed E-state index contributed by atoms with van der Waals surface area (Å²) in [5.74, 6) is 0. The Morgan fingerprint density at radius 3 is 2.30 bits per heavy atom. The summed E-state index contributed by atoms with van der Waals surface area (Å²) < 4.78 is 29.3. The third-order valence-electron chi connectivity index (χ3n) is 3.89. The van der Waals surface area contributed by atoms with Crippen molar-refractivity contribution >= 4 is 10.2 Å². The summed E-state index contributed by atoms with van der Waals surface area (Å²) in [6, 6.07) is 7.69. The molecule has 0 radical (unpaired) electrons. The molecule has 0 saturated carbocycles. The van der Waals surface area contributed by atoms with Gasteiger partial charge in [-0.15, -0.1) is 0 Å². The third-order valence-corrected chi connectivity index (χ3v) is 5.58. The van der Waals surface area contributed by atoms with Crippen LogP contribution in [0.25, 0.3) is 0 Å². The lowest BCUT2D eigenvalue weighted by Gasteiger charge is -2.24. The molecule has 1 aromatic carbocycles. The summed E-state index contributed by atoms with van der Waals surface area (Å²) in [5, 5.41) is 0. The maximum absolute atomic E-state index is 12.4. The van der Waals surface area contributed by atoms with Gasteiger partial charge in [0.1, 0.15) is 0 Å². The van der Waals surface area contributed by atoms with Gasteiger partial charge in [0.2, 0.25) is 0 Å². The van der Waals surface area contributed by atoms with E-state index in [9.17, 15) is 8.42 Å². The second-order valence-electron chi connectivity index (χ2n) is 5.51. The highest BCUT2D eigenvalue weighted by Gasteiger charge is 2.25. The number of aryl methyl sites for hydroxylation is 1. The van der Waals surface area contributed by atoms with Gasteiger partial charge >= 0.3 is 0 Å². The Hall–Kier alpha value is -0.910. The van der Waals surface area contributed by atoms with Crippen molar-refractivity contribution in [3.63, 3.8) is 0 Å². The molecule has 5 heteroatoms. The summed E-state index contributed by atoms with van der Waals surface area (Å²) in [6.07, 6.45) is 4.16. The van der Waals surface area contributed by atoms with Gasteiger partial charge < -0.3 is 0 Å². The van der Waals surface area contributed by atoms with Gasteiger partial charge in [-0.1, -0.05) is 37.1 Å². The Bertz CT molecular complexity index is 535. The Balaban J connectivity index is 2.09. The number of rotatable bonds is 4. The smallest absolute Gasteiger partial charge is 0.195 e. The maximum Gasteiger partial charge on any atom is 0.279 e. The molecule has 0 amide bonds. The van der Waals surface area contributed by atoms with Crippen molar-refractivity contribution in [2.24, 2.45) is 0 Å². The van der Waals surface area contributed by atoms with Crippen LogP contribution in [0.5, 0.6) is 0 Å². The van der Waals surface area contributed by atoms with E-state index < -0.39 is 10.2 Å². The van der Waals surface area contributed by atoms with Crippen molar-refractivity contribution in [1.82, 2.24) is 9.03 Å². The quantitative estimate of drug-likeness (QED) is 0.929. The minimum Gasteiger partial charge on any atom is -0.195 e. The number of nitrogens with one attached hydrogen (secondary N) is 1. The maximum atomic E-state index is 12.4. The molecule has 0 aliphatic carbocycles. The van der Waals surface area contributed by atoms with E-state index in [0.29, 0.717) is 13.1 Å². The molecule has 1 N–H and O–H groups in total. The van der Waals surface area contributed by atoms with Gasteiger partial charge in [-0.25, -0.2) is 0 Å². The minimum absolute atomic E-state index is 0.204. The van der Waals surface area contributed by atoms with Gasteiger partial charge in [0.25, 0.3) is 10.2 Å². The van der Waals surface area contributed by atoms with Gasteiger partial charge in [0.15, 0.2) is 0 Å². The van der Waals surface area contributed by atoms with Gasteiger partial charge in [-0.3, -0.25) is 0 Å². The molecule has 20 heavy (non-hydrogen) atoms. The molecule has 4 nitrogen and oxygen atoms in total. The molecule has 0 spiro atoms. The van der Waals surface area contributed by atoms with Crippen molar-refractivity contribution in [2.45, 2.75) is 45.6 Å². The van der Waals surface area contributed by atoms with E-state index >= 15 is 0 Å². The summed E-state index contributed by atoms with van der Waals surface area (Å²) >= 11 is 0. The highest BCUT2D eigenvalue weighted by Crippen LogP contribution is 2.19. The van der Waals surface area contributed by atoms with Crippen molar-refractivity contribution in [3.8, 4) is 0 Å². The van der Waals surface area contributed by atoms with Crippen LogP contribution in [0.2, 0.25) is 0 Å². The van der Waals surface area contributed by atoms with Crippen LogP contribution in [0.1, 0.15) is 49.8 Å². The molecule has 0 bridgehead atoms. The first kappa shape index (κ1) is 15.5. The highest BCUT2D eigenvalue weighted by atomic mass is 32.2. The second kappa shape index (κ2) is 6.70. The minimum atomic E-state index is -3.39. The Morgan fingerprint density at radius 1 is 1.10 bits per heavy atom.